The lowest BCUT2D eigenvalue weighted by Crippen LogP contribution is -3.00. The van der Waals surface area contributed by atoms with E-state index in [1.807, 2.05) is 13.8 Å². The molecule has 0 heterocycles. The van der Waals surface area contributed by atoms with Crippen molar-refractivity contribution in [3.8, 4) is 0 Å². The first kappa shape index (κ1) is 30.5. The lowest BCUT2D eigenvalue weighted by atomic mass is 9.01. The highest BCUT2D eigenvalue weighted by Gasteiger charge is 2.98. The van der Waals surface area contributed by atoms with Gasteiger partial charge in [-0.1, -0.05) is 116 Å². The van der Waals surface area contributed by atoms with Crippen LogP contribution in [0.15, 0.2) is 0 Å². The van der Waals surface area contributed by atoms with Crippen LogP contribution < -0.4 is 0 Å². The number of rotatable bonds is 6. The van der Waals surface area contributed by atoms with Gasteiger partial charge in [0, 0.05) is 0 Å². The third kappa shape index (κ3) is 3.66. The second kappa shape index (κ2) is 10.9. The maximum atomic E-state index is 2.35. The fourth-order valence-electron chi connectivity index (χ4n) is 12.6. The zero-order valence-electron chi connectivity index (χ0n) is 28.8. The predicted octanol–water partition coefficient (Wildman–Crippen LogP) is 11.1. The molecule has 0 heteroatoms. The molecule has 0 aromatic rings. The average molecular weight is 539 g/mol. The first-order valence-corrected chi connectivity index (χ1v) is 18.6. The summed E-state index contributed by atoms with van der Waals surface area (Å²) in [5, 5.41) is 0. The molecule has 0 N–H and O–H groups in total. The van der Waals surface area contributed by atoms with Crippen molar-refractivity contribution in [2.45, 2.75) is 116 Å². The molecule has 0 saturated heterocycles. The van der Waals surface area contributed by atoms with E-state index in [0.717, 1.165) is 35.5 Å². The predicted molar refractivity (Wildman–Crippen MR) is 170 cm³/mol. The van der Waals surface area contributed by atoms with Crippen molar-refractivity contribution in [2.75, 3.05) is 0 Å². The summed E-state index contributed by atoms with van der Waals surface area (Å²) in [6, 6.07) is 0. The van der Waals surface area contributed by atoms with Crippen molar-refractivity contribution in [1.29, 1.82) is 0 Å². The molecule has 12 aliphatic rings. The lowest BCUT2D eigenvalue weighted by molar-refractivity contribution is -0.565. The third-order valence-electron chi connectivity index (χ3n) is 15.9. The van der Waals surface area contributed by atoms with Gasteiger partial charge in [-0.3, -0.25) is 0 Å². The van der Waals surface area contributed by atoms with Gasteiger partial charge in [0.25, 0.3) is 0 Å². The molecular weight excluding hydrogens is 468 g/mol. The van der Waals surface area contributed by atoms with Crippen LogP contribution in [0.3, 0.4) is 0 Å². The van der Waals surface area contributed by atoms with Crippen LogP contribution in [0, 0.1) is 130 Å². The Morgan fingerprint density at radius 2 is 0.462 bits per heavy atom. The normalized spacial score (nSPS) is 53.2. The SMILES string of the molecule is C12C3C4C1C1C2C3C41.C12C3C4C1C1C2C3C41.CC.CCC.CCC(C)C(C)C(C)C.CCC(C)C(C)C(C)C. The molecule has 0 aliphatic heterocycles. The van der Waals surface area contributed by atoms with Crippen LogP contribution in [0.5, 0.6) is 0 Å². The van der Waals surface area contributed by atoms with Gasteiger partial charge in [0.15, 0.2) is 0 Å². The highest BCUT2D eigenvalue weighted by molar-refractivity contribution is 5.45. The Balaban J connectivity index is 0.0000000996. The van der Waals surface area contributed by atoms with E-state index in [-0.39, 0.29) is 0 Å². The van der Waals surface area contributed by atoms with Gasteiger partial charge in [0.05, 0.1) is 0 Å². The molecule has 12 rings (SSSR count). The van der Waals surface area contributed by atoms with Gasteiger partial charge in [-0.25, -0.2) is 0 Å². The lowest BCUT2D eigenvalue weighted by Gasteiger charge is -3.03. The number of hydrogen-bond acceptors (Lipinski definition) is 0. The van der Waals surface area contributed by atoms with Gasteiger partial charge in [-0.2, -0.15) is 0 Å². The Kier molecular flexibility index (Phi) is 8.53. The Morgan fingerprint density at radius 3 is 0.513 bits per heavy atom. The Hall–Kier alpha value is 0. The maximum Gasteiger partial charge on any atom is -0.0312 e. The third-order valence-corrected chi connectivity index (χ3v) is 15.9. The largest absolute Gasteiger partial charge is 0.0683 e. The van der Waals surface area contributed by atoms with Crippen LogP contribution >= 0.6 is 0 Å². The second-order valence-corrected chi connectivity index (χ2v) is 16.9. The molecule has 12 aliphatic carbocycles. The molecule has 4 atom stereocenters. The van der Waals surface area contributed by atoms with Gasteiger partial charge in [0.2, 0.25) is 0 Å². The van der Waals surface area contributed by atoms with E-state index in [2.05, 4.69) is 83.1 Å². The second-order valence-electron chi connectivity index (χ2n) is 16.9. The van der Waals surface area contributed by atoms with Crippen LogP contribution in [0.1, 0.15) is 116 Å². The minimum atomic E-state index is 0.847. The fraction of sp³-hybridized carbons (Fsp3) is 1.00. The van der Waals surface area contributed by atoms with Crippen LogP contribution in [-0.4, -0.2) is 0 Å². The highest BCUT2D eigenvalue weighted by Crippen LogP contribution is 3.01. The summed E-state index contributed by atoms with van der Waals surface area (Å²) in [6.45, 7) is 31.4. The smallest absolute Gasteiger partial charge is 0.0312 e. The summed E-state index contributed by atoms with van der Waals surface area (Å²) in [5.41, 5.74) is 0. The van der Waals surface area contributed by atoms with Gasteiger partial charge in [-0.15, -0.1) is 0 Å². The van der Waals surface area contributed by atoms with E-state index < -0.39 is 0 Å². The molecule has 0 aromatic carbocycles. The monoisotopic (exact) mass is 539 g/mol. The average Bonchev–Trinajstić information content (AvgIpc) is 2.98. The topological polar surface area (TPSA) is 0 Å². The Morgan fingerprint density at radius 1 is 0.333 bits per heavy atom. The molecule has 0 radical (unpaired) electrons. The molecule has 12 fully saturated rings. The quantitative estimate of drug-likeness (QED) is 0.315. The van der Waals surface area contributed by atoms with E-state index in [4.69, 9.17) is 0 Å². The summed E-state index contributed by atoms with van der Waals surface area (Å²) in [7, 11) is 0. The molecule has 226 valence electrons. The Labute approximate surface area is 246 Å². The first-order chi connectivity index (χ1) is 18.6. The van der Waals surface area contributed by atoms with E-state index in [1.54, 1.807) is 0 Å². The molecule has 0 nitrogen and oxygen atoms in total. The first-order valence-electron chi connectivity index (χ1n) is 18.6. The fourth-order valence-corrected chi connectivity index (χ4v) is 12.6. The molecule has 39 heavy (non-hydrogen) atoms. The van der Waals surface area contributed by atoms with Crippen molar-refractivity contribution >= 4 is 0 Å². The molecule has 0 bridgehead atoms. The van der Waals surface area contributed by atoms with Crippen molar-refractivity contribution in [1.82, 2.24) is 0 Å². The van der Waals surface area contributed by atoms with Crippen molar-refractivity contribution in [2.24, 2.45) is 130 Å². The molecule has 0 spiro atoms. The van der Waals surface area contributed by atoms with Gasteiger partial charge in [-0.05, 0) is 130 Å². The summed E-state index contributed by atoms with van der Waals surface area (Å²) >= 11 is 0. The zero-order chi connectivity index (χ0) is 28.8. The summed E-state index contributed by atoms with van der Waals surface area (Å²) in [5.74, 6) is 26.6. The molecule has 0 aromatic heterocycles. The van der Waals surface area contributed by atoms with E-state index in [0.29, 0.717) is 0 Å². The highest BCUT2D eigenvalue weighted by atomic mass is 15.0. The minimum absolute atomic E-state index is 0.847. The van der Waals surface area contributed by atoms with Crippen LogP contribution in [-0.2, 0) is 0 Å². The van der Waals surface area contributed by atoms with E-state index >= 15 is 0 Å². The summed E-state index contributed by atoms with van der Waals surface area (Å²) in [4.78, 5) is 0. The van der Waals surface area contributed by atoms with Crippen molar-refractivity contribution < 1.29 is 0 Å². The molecular formula is C39H70. The van der Waals surface area contributed by atoms with Crippen molar-refractivity contribution in [3.63, 3.8) is 0 Å². The molecule has 0 amide bonds. The van der Waals surface area contributed by atoms with E-state index in [1.165, 1.54) is 114 Å². The van der Waals surface area contributed by atoms with Gasteiger partial charge < -0.3 is 0 Å². The van der Waals surface area contributed by atoms with Crippen molar-refractivity contribution in [3.05, 3.63) is 0 Å². The zero-order valence-corrected chi connectivity index (χ0v) is 28.8. The summed E-state index contributed by atoms with van der Waals surface area (Å²) in [6.07, 6.45) is 3.89. The Bertz CT molecular complexity index is 551. The maximum absolute atomic E-state index is 2.35. The van der Waals surface area contributed by atoms with Crippen LogP contribution in [0.2, 0.25) is 0 Å². The van der Waals surface area contributed by atoms with Crippen LogP contribution in [0.25, 0.3) is 0 Å². The molecule has 4 unspecified atom stereocenters. The minimum Gasteiger partial charge on any atom is -0.0683 e. The van der Waals surface area contributed by atoms with Gasteiger partial charge in [0.1, 0.15) is 0 Å². The summed E-state index contributed by atoms with van der Waals surface area (Å²) < 4.78 is 0. The number of hydrogen-bond donors (Lipinski definition) is 0. The van der Waals surface area contributed by atoms with Gasteiger partial charge >= 0.3 is 0 Å². The molecule has 12 saturated carbocycles. The van der Waals surface area contributed by atoms with E-state index in [9.17, 15) is 0 Å². The standard InChI is InChI=1S/2C9H20.2C8H8.C3H8.C2H6/c2*1-6-8(4)9(5)7(2)3;2*1-2-5-3(1)7-4(1)6(2)8(5)7;1-3-2;1-2/h2*7-9H,6H2,1-5H3;2*1-8H;3H2,1-2H3;1-2H3. The van der Waals surface area contributed by atoms with Crippen LogP contribution in [0.4, 0.5) is 0 Å².